The van der Waals surface area contributed by atoms with Crippen LogP contribution < -0.4 is 0 Å². The summed E-state index contributed by atoms with van der Waals surface area (Å²) in [6.07, 6.45) is 2.78. The van der Waals surface area contributed by atoms with Crippen LogP contribution in [0.4, 0.5) is 0 Å². The van der Waals surface area contributed by atoms with E-state index in [1.54, 1.807) is 6.92 Å². The summed E-state index contributed by atoms with van der Waals surface area (Å²) in [6, 6.07) is 0. The van der Waals surface area contributed by atoms with Crippen molar-refractivity contribution in [3.63, 3.8) is 0 Å². The van der Waals surface area contributed by atoms with Crippen molar-refractivity contribution < 1.29 is 4.79 Å². The smallest absolute Gasteiger partial charge is 0.129 e. The van der Waals surface area contributed by atoms with Gasteiger partial charge in [-0.05, 0) is 25.5 Å². The van der Waals surface area contributed by atoms with Crippen molar-refractivity contribution in [3.8, 4) is 0 Å². The van der Waals surface area contributed by atoms with E-state index in [1.165, 1.54) is 0 Å². The maximum Gasteiger partial charge on any atom is 0.129 e. The van der Waals surface area contributed by atoms with Gasteiger partial charge in [-0.25, -0.2) is 0 Å². The first-order chi connectivity index (χ1) is 3.77. The van der Waals surface area contributed by atoms with Crippen molar-refractivity contribution in [1.82, 2.24) is 0 Å². The van der Waals surface area contributed by atoms with Gasteiger partial charge in [-0.15, -0.1) is 0 Å². The van der Waals surface area contributed by atoms with Gasteiger partial charge < -0.3 is 4.79 Å². The van der Waals surface area contributed by atoms with Gasteiger partial charge in [0.25, 0.3) is 0 Å². The van der Waals surface area contributed by atoms with Crippen molar-refractivity contribution >= 4 is 18.4 Å². The second kappa shape index (κ2) is 5.16. The summed E-state index contributed by atoms with van der Waals surface area (Å²) < 4.78 is 0. The zero-order valence-corrected chi connectivity index (χ0v) is 6.08. The molecule has 0 aromatic heterocycles. The summed E-state index contributed by atoms with van der Waals surface area (Å²) in [4.78, 5) is 10.3. The Morgan fingerprint density at radius 3 is 2.50 bits per heavy atom. The van der Waals surface area contributed by atoms with E-state index in [0.717, 1.165) is 25.0 Å². The van der Waals surface area contributed by atoms with Crippen LogP contribution in [0.15, 0.2) is 0 Å². The molecule has 0 aliphatic carbocycles. The number of hydrogen-bond donors (Lipinski definition) is 1. The van der Waals surface area contributed by atoms with Crippen LogP contribution in [0.5, 0.6) is 0 Å². The Morgan fingerprint density at radius 1 is 1.50 bits per heavy atom. The predicted octanol–water partition coefficient (Wildman–Crippen LogP) is 1.68. The first-order valence-corrected chi connectivity index (χ1v) is 3.51. The number of Topliss-reactive ketones (excluding diaryl/α,β-unsaturated/α-hetero) is 1. The Balaban J connectivity index is 2.82. The lowest BCUT2D eigenvalue weighted by Gasteiger charge is -1.90. The van der Waals surface area contributed by atoms with Gasteiger partial charge in [0.2, 0.25) is 0 Å². The fourth-order valence-electron chi connectivity index (χ4n) is 0.486. The van der Waals surface area contributed by atoms with Crippen LogP contribution in [0.2, 0.25) is 0 Å². The van der Waals surface area contributed by atoms with Crippen molar-refractivity contribution in [3.05, 3.63) is 0 Å². The molecule has 0 saturated carbocycles. The minimum Gasteiger partial charge on any atom is -0.300 e. The van der Waals surface area contributed by atoms with Gasteiger partial charge in [0.1, 0.15) is 5.78 Å². The number of hydrogen-bond acceptors (Lipinski definition) is 2. The summed E-state index contributed by atoms with van der Waals surface area (Å²) in [7, 11) is 0. The van der Waals surface area contributed by atoms with Crippen LogP contribution in [0.3, 0.4) is 0 Å². The minimum absolute atomic E-state index is 0.284. The predicted molar refractivity (Wildman–Crippen MR) is 38.4 cm³/mol. The molecule has 1 nitrogen and oxygen atoms in total. The average molecular weight is 132 g/mol. The van der Waals surface area contributed by atoms with Crippen LogP contribution in [0.1, 0.15) is 26.2 Å². The summed E-state index contributed by atoms with van der Waals surface area (Å²) in [5.74, 6) is 1.18. The van der Waals surface area contributed by atoms with Crippen LogP contribution >= 0.6 is 12.6 Å². The van der Waals surface area contributed by atoms with Crippen molar-refractivity contribution in [2.24, 2.45) is 0 Å². The zero-order chi connectivity index (χ0) is 6.41. The lowest BCUT2D eigenvalue weighted by atomic mass is 10.2. The Hall–Kier alpha value is 0.0200. The standard InChI is InChI=1S/C6H12OS/c1-6(7)4-2-3-5-8/h8H,2-5H2,1H3. The molecule has 0 fully saturated rings. The highest BCUT2D eigenvalue weighted by atomic mass is 32.1. The van der Waals surface area contributed by atoms with Gasteiger partial charge in [0.05, 0.1) is 0 Å². The largest absolute Gasteiger partial charge is 0.300 e. The van der Waals surface area contributed by atoms with Crippen molar-refractivity contribution in [2.75, 3.05) is 5.75 Å². The van der Waals surface area contributed by atoms with Gasteiger partial charge in [0, 0.05) is 6.42 Å². The van der Waals surface area contributed by atoms with E-state index in [1.807, 2.05) is 0 Å². The van der Waals surface area contributed by atoms with E-state index in [2.05, 4.69) is 12.6 Å². The van der Waals surface area contributed by atoms with E-state index in [9.17, 15) is 4.79 Å². The number of rotatable bonds is 4. The first-order valence-electron chi connectivity index (χ1n) is 2.87. The molecule has 0 atom stereocenters. The number of unbranched alkanes of at least 4 members (excludes halogenated alkanes) is 1. The molecule has 0 unspecified atom stereocenters. The molecule has 8 heavy (non-hydrogen) atoms. The topological polar surface area (TPSA) is 17.1 Å². The fourth-order valence-corrected chi connectivity index (χ4v) is 0.709. The Morgan fingerprint density at radius 2 is 2.12 bits per heavy atom. The molecule has 0 aromatic carbocycles. The number of carbonyl (C=O) groups is 1. The van der Waals surface area contributed by atoms with E-state index in [4.69, 9.17) is 0 Å². The Bertz CT molecular complexity index is 70.9. The molecular weight excluding hydrogens is 120 g/mol. The molecule has 48 valence electrons. The van der Waals surface area contributed by atoms with E-state index in [-0.39, 0.29) is 5.78 Å². The number of carbonyl (C=O) groups excluding carboxylic acids is 1. The average Bonchev–Trinajstić information content (AvgIpc) is 1.66. The van der Waals surface area contributed by atoms with Gasteiger partial charge in [-0.2, -0.15) is 12.6 Å². The Labute approximate surface area is 55.9 Å². The van der Waals surface area contributed by atoms with E-state index in [0.29, 0.717) is 0 Å². The van der Waals surface area contributed by atoms with Crippen LogP contribution in [0.25, 0.3) is 0 Å². The summed E-state index contributed by atoms with van der Waals surface area (Å²) in [5, 5.41) is 0. The molecule has 0 N–H and O–H groups in total. The van der Waals surface area contributed by atoms with Crippen LogP contribution in [-0.4, -0.2) is 11.5 Å². The minimum atomic E-state index is 0.284. The quantitative estimate of drug-likeness (QED) is 0.455. The molecular formula is C6H12OS. The number of thiol groups is 1. The maximum absolute atomic E-state index is 10.3. The molecule has 0 aliphatic heterocycles. The zero-order valence-electron chi connectivity index (χ0n) is 5.18. The van der Waals surface area contributed by atoms with Gasteiger partial charge in [-0.3, -0.25) is 0 Å². The molecule has 0 spiro atoms. The molecule has 0 saturated heterocycles. The number of ketones is 1. The molecule has 0 amide bonds. The highest BCUT2D eigenvalue weighted by molar-refractivity contribution is 7.80. The molecule has 0 bridgehead atoms. The summed E-state index contributed by atoms with van der Waals surface area (Å²) in [5.41, 5.74) is 0. The molecule has 0 heterocycles. The molecule has 2 heteroatoms. The van der Waals surface area contributed by atoms with E-state index < -0.39 is 0 Å². The highest BCUT2D eigenvalue weighted by Gasteiger charge is 1.89. The van der Waals surface area contributed by atoms with E-state index >= 15 is 0 Å². The third-order valence-corrected chi connectivity index (χ3v) is 1.25. The summed E-state index contributed by atoms with van der Waals surface area (Å²) >= 11 is 4.01. The van der Waals surface area contributed by atoms with Crippen molar-refractivity contribution in [1.29, 1.82) is 0 Å². The third kappa shape index (κ3) is 6.02. The normalized spacial score (nSPS) is 9.25. The molecule has 0 aromatic rings. The highest BCUT2D eigenvalue weighted by Crippen LogP contribution is 1.96. The molecule has 0 radical (unpaired) electrons. The lowest BCUT2D eigenvalue weighted by Crippen LogP contribution is -1.88. The van der Waals surface area contributed by atoms with Gasteiger partial charge >= 0.3 is 0 Å². The maximum atomic E-state index is 10.3. The van der Waals surface area contributed by atoms with Crippen molar-refractivity contribution in [2.45, 2.75) is 26.2 Å². The Kier molecular flexibility index (Phi) is 5.18. The molecule has 0 rings (SSSR count). The second-order valence-electron chi connectivity index (χ2n) is 1.88. The summed E-state index contributed by atoms with van der Waals surface area (Å²) in [6.45, 7) is 1.62. The SMILES string of the molecule is CC(=O)CCCCS. The fraction of sp³-hybridized carbons (Fsp3) is 0.833. The van der Waals surface area contributed by atoms with Crippen LogP contribution in [-0.2, 0) is 4.79 Å². The third-order valence-electron chi connectivity index (χ3n) is 0.937. The van der Waals surface area contributed by atoms with Crippen LogP contribution in [0, 0.1) is 0 Å². The van der Waals surface area contributed by atoms with Gasteiger partial charge in [0.15, 0.2) is 0 Å². The monoisotopic (exact) mass is 132 g/mol. The second-order valence-corrected chi connectivity index (χ2v) is 2.33. The molecule has 0 aliphatic rings. The first kappa shape index (κ1) is 8.02. The lowest BCUT2D eigenvalue weighted by molar-refractivity contribution is -0.117. The van der Waals surface area contributed by atoms with Gasteiger partial charge in [-0.1, -0.05) is 0 Å².